The number of amides is 2. The zero-order valence-corrected chi connectivity index (χ0v) is 15.6. The Kier molecular flexibility index (Phi) is 6.68. The number of urea groups is 1. The van der Waals surface area contributed by atoms with Gasteiger partial charge in [-0.1, -0.05) is 41.9 Å². The number of carbonyl (C=O) groups excluding carboxylic acids is 1. The molecule has 2 rings (SSSR count). The first-order valence-electron chi connectivity index (χ1n) is 7.77. The van der Waals surface area contributed by atoms with Crippen molar-refractivity contribution in [3.63, 3.8) is 0 Å². The highest BCUT2D eigenvalue weighted by atomic mass is 35.5. The summed E-state index contributed by atoms with van der Waals surface area (Å²) in [6.07, 6.45) is 0. The van der Waals surface area contributed by atoms with E-state index in [0.717, 1.165) is 5.56 Å². The van der Waals surface area contributed by atoms with Crippen LogP contribution in [0, 0.1) is 0 Å². The van der Waals surface area contributed by atoms with Gasteiger partial charge in [-0.25, -0.2) is 4.79 Å². The number of nitrogens with two attached hydrogens (primary N) is 1. The molecule has 0 saturated heterocycles. The van der Waals surface area contributed by atoms with Gasteiger partial charge in [-0.2, -0.15) is 4.99 Å². The van der Waals surface area contributed by atoms with Crippen LogP contribution < -0.4 is 20.5 Å². The summed E-state index contributed by atoms with van der Waals surface area (Å²) >= 11 is 6.27. The quantitative estimate of drug-likeness (QED) is 0.617. The normalized spacial score (nSPS) is 11.0. The Morgan fingerprint density at radius 1 is 1.27 bits per heavy atom. The molecule has 2 aromatic rings. The van der Waals surface area contributed by atoms with E-state index in [1.54, 1.807) is 26.2 Å². The molecule has 0 spiro atoms. The molecule has 3 N–H and O–H groups in total. The fraction of sp³-hybridized carbons (Fsp3) is 0.222. The second kappa shape index (κ2) is 8.96. The molecule has 138 valence electrons. The lowest BCUT2D eigenvalue weighted by molar-refractivity contribution is 0.259. The highest BCUT2D eigenvalue weighted by Gasteiger charge is 2.14. The molecule has 0 heterocycles. The number of carbonyl (C=O) groups is 1. The maximum absolute atomic E-state index is 12.0. The minimum Gasteiger partial charge on any atom is -0.494 e. The van der Waals surface area contributed by atoms with Crippen LogP contribution in [-0.2, 0) is 6.61 Å². The zero-order valence-electron chi connectivity index (χ0n) is 14.8. The SMILES string of the molecule is COc1cc(OCc2ccccc2)cc(Cl)c1NC(=O)N=C(N)N(C)C. The van der Waals surface area contributed by atoms with Gasteiger partial charge in [0.05, 0.1) is 12.1 Å². The van der Waals surface area contributed by atoms with Gasteiger partial charge in [0.25, 0.3) is 0 Å². The summed E-state index contributed by atoms with van der Waals surface area (Å²) in [4.78, 5) is 17.2. The molecule has 0 aliphatic carbocycles. The molecule has 26 heavy (non-hydrogen) atoms. The van der Waals surface area contributed by atoms with Gasteiger partial charge in [0.2, 0.25) is 0 Å². The first kappa shape index (κ1) is 19.4. The summed E-state index contributed by atoms with van der Waals surface area (Å²) in [5.41, 5.74) is 6.94. The Labute approximate surface area is 157 Å². The molecule has 0 aromatic heterocycles. The highest BCUT2D eigenvalue weighted by Crippen LogP contribution is 2.37. The van der Waals surface area contributed by atoms with Crippen molar-refractivity contribution < 1.29 is 14.3 Å². The van der Waals surface area contributed by atoms with E-state index < -0.39 is 6.03 Å². The maximum Gasteiger partial charge on any atom is 0.348 e. The highest BCUT2D eigenvalue weighted by molar-refractivity contribution is 6.34. The van der Waals surface area contributed by atoms with Crippen LogP contribution in [0.5, 0.6) is 11.5 Å². The summed E-state index contributed by atoms with van der Waals surface area (Å²) in [5, 5.41) is 2.83. The van der Waals surface area contributed by atoms with Crippen LogP contribution in [0.1, 0.15) is 5.56 Å². The van der Waals surface area contributed by atoms with Gasteiger partial charge < -0.3 is 25.4 Å². The van der Waals surface area contributed by atoms with Crippen molar-refractivity contribution in [2.45, 2.75) is 6.61 Å². The summed E-state index contributed by atoms with van der Waals surface area (Å²) in [5.74, 6) is 0.943. The first-order chi connectivity index (χ1) is 12.4. The molecule has 0 atom stereocenters. The number of nitrogens with zero attached hydrogens (tertiary/aromatic N) is 2. The van der Waals surface area contributed by atoms with E-state index in [0.29, 0.717) is 23.8 Å². The minimum atomic E-state index is -0.658. The van der Waals surface area contributed by atoms with Gasteiger partial charge in [-0.05, 0) is 5.56 Å². The molecule has 2 amide bonds. The van der Waals surface area contributed by atoms with E-state index in [1.807, 2.05) is 30.3 Å². The van der Waals surface area contributed by atoms with E-state index in [1.165, 1.54) is 12.0 Å². The fourth-order valence-corrected chi connectivity index (χ4v) is 2.25. The standard InChI is InChI=1S/C18H21ClN4O3/c1-23(2)17(20)22-18(24)21-16-14(19)9-13(10-15(16)25-3)26-11-12-7-5-4-6-8-12/h4-10H,11H2,1-3H3,(H3,20,21,22,24). The van der Waals surface area contributed by atoms with E-state index in [2.05, 4.69) is 10.3 Å². The Hall–Kier alpha value is -2.93. The third-order valence-electron chi connectivity index (χ3n) is 3.40. The number of hydrogen-bond donors (Lipinski definition) is 2. The van der Waals surface area contributed by atoms with Crippen molar-refractivity contribution in [2.24, 2.45) is 10.7 Å². The summed E-state index contributed by atoms with van der Waals surface area (Å²) < 4.78 is 11.0. The second-order valence-electron chi connectivity index (χ2n) is 5.55. The van der Waals surface area contributed by atoms with Crippen LogP contribution >= 0.6 is 11.6 Å². The first-order valence-corrected chi connectivity index (χ1v) is 8.15. The molecule has 0 aliphatic rings. The number of anilines is 1. The van der Waals surface area contributed by atoms with E-state index in [9.17, 15) is 4.79 Å². The van der Waals surface area contributed by atoms with Gasteiger partial charge in [0.15, 0.2) is 5.96 Å². The van der Waals surface area contributed by atoms with E-state index in [-0.39, 0.29) is 11.0 Å². The molecule has 0 unspecified atom stereocenters. The van der Waals surface area contributed by atoms with Crippen molar-refractivity contribution in [1.82, 2.24) is 4.90 Å². The summed E-state index contributed by atoms with van der Waals surface area (Å²) in [6, 6.07) is 12.3. The third-order valence-corrected chi connectivity index (χ3v) is 3.70. The molecule has 0 radical (unpaired) electrons. The number of hydrogen-bond acceptors (Lipinski definition) is 3. The van der Waals surface area contributed by atoms with E-state index in [4.69, 9.17) is 26.8 Å². The number of guanidine groups is 1. The monoisotopic (exact) mass is 376 g/mol. The lowest BCUT2D eigenvalue weighted by Gasteiger charge is -2.14. The molecular weight excluding hydrogens is 356 g/mol. The van der Waals surface area contributed by atoms with Crippen LogP contribution in [0.2, 0.25) is 5.02 Å². The predicted octanol–water partition coefficient (Wildman–Crippen LogP) is 3.34. The van der Waals surface area contributed by atoms with Crippen LogP contribution in [0.25, 0.3) is 0 Å². The minimum absolute atomic E-state index is 0.0698. The van der Waals surface area contributed by atoms with Gasteiger partial charge >= 0.3 is 6.03 Å². The molecular formula is C18H21ClN4O3. The topological polar surface area (TPSA) is 89.2 Å². The molecule has 0 aliphatic heterocycles. The lowest BCUT2D eigenvalue weighted by Crippen LogP contribution is -2.32. The number of halogens is 1. The largest absolute Gasteiger partial charge is 0.494 e. The number of nitrogens with one attached hydrogen (secondary N) is 1. The Morgan fingerprint density at radius 2 is 1.96 bits per heavy atom. The fourth-order valence-electron chi connectivity index (χ4n) is 2.00. The van der Waals surface area contributed by atoms with Crippen LogP contribution in [-0.4, -0.2) is 38.1 Å². The molecule has 0 saturated carbocycles. The molecule has 0 bridgehead atoms. The molecule has 8 heteroatoms. The molecule has 2 aromatic carbocycles. The Balaban J connectivity index is 2.16. The predicted molar refractivity (Wildman–Crippen MR) is 103 cm³/mol. The number of rotatable bonds is 5. The lowest BCUT2D eigenvalue weighted by atomic mass is 10.2. The smallest absolute Gasteiger partial charge is 0.348 e. The number of benzene rings is 2. The second-order valence-corrected chi connectivity index (χ2v) is 5.96. The van der Waals surface area contributed by atoms with Gasteiger partial charge in [0, 0.05) is 26.2 Å². The summed E-state index contributed by atoms with van der Waals surface area (Å²) in [6.45, 7) is 0.385. The van der Waals surface area contributed by atoms with Crippen molar-refractivity contribution in [2.75, 3.05) is 26.5 Å². The maximum atomic E-state index is 12.0. The third kappa shape index (κ3) is 5.29. The van der Waals surface area contributed by atoms with E-state index >= 15 is 0 Å². The summed E-state index contributed by atoms with van der Waals surface area (Å²) in [7, 11) is 4.83. The van der Waals surface area contributed by atoms with Crippen molar-refractivity contribution in [3.05, 3.63) is 53.1 Å². The van der Waals surface area contributed by atoms with Crippen molar-refractivity contribution in [1.29, 1.82) is 0 Å². The van der Waals surface area contributed by atoms with Gasteiger partial charge in [-0.15, -0.1) is 0 Å². The van der Waals surface area contributed by atoms with Crippen molar-refractivity contribution in [3.8, 4) is 11.5 Å². The van der Waals surface area contributed by atoms with Gasteiger partial charge in [-0.3, -0.25) is 0 Å². The van der Waals surface area contributed by atoms with Crippen LogP contribution in [0.3, 0.4) is 0 Å². The molecule has 7 nitrogen and oxygen atoms in total. The number of aliphatic imine (C=N–C) groups is 1. The van der Waals surface area contributed by atoms with Crippen LogP contribution in [0.15, 0.2) is 47.5 Å². The Bertz CT molecular complexity index is 795. The van der Waals surface area contributed by atoms with Crippen LogP contribution in [0.4, 0.5) is 10.5 Å². The zero-order chi connectivity index (χ0) is 19.1. The van der Waals surface area contributed by atoms with Crippen molar-refractivity contribution >= 4 is 29.3 Å². The van der Waals surface area contributed by atoms with Gasteiger partial charge in [0.1, 0.15) is 23.8 Å². The average Bonchev–Trinajstić information content (AvgIpc) is 2.62. The Morgan fingerprint density at radius 3 is 2.58 bits per heavy atom. The molecule has 0 fully saturated rings. The number of methoxy groups -OCH3 is 1. The number of ether oxygens (including phenoxy) is 2. The average molecular weight is 377 g/mol.